The molecule has 4 aromatic rings. The summed E-state index contributed by atoms with van der Waals surface area (Å²) in [7, 11) is 0. The standard InChI is InChI=1S/C22H19NO3S/c1-3-6-15-14-7-4-5-8-19(14)27-21(15)20-16-11-18-17(23-22(24)26-18)10-13(16)9-12(2)25-20/h4-5,7-11,20H,3,6H2,1-2H3,(H,23,24). The van der Waals surface area contributed by atoms with Crippen molar-refractivity contribution < 1.29 is 9.15 Å². The fourth-order valence-corrected chi connectivity index (χ4v) is 5.22. The first-order chi connectivity index (χ1) is 13.1. The summed E-state index contributed by atoms with van der Waals surface area (Å²) in [6, 6.07) is 12.5. The number of aromatic amines is 1. The average Bonchev–Trinajstić information content (AvgIpc) is 3.19. The average molecular weight is 377 g/mol. The maximum Gasteiger partial charge on any atom is 0.417 e. The first kappa shape index (κ1) is 16.4. The van der Waals surface area contributed by atoms with Crippen molar-refractivity contribution in [2.75, 3.05) is 0 Å². The summed E-state index contributed by atoms with van der Waals surface area (Å²) in [5.41, 5.74) is 4.75. The maximum absolute atomic E-state index is 11.6. The maximum atomic E-state index is 11.6. The Morgan fingerprint density at radius 2 is 2.07 bits per heavy atom. The molecule has 2 aromatic heterocycles. The van der Waals surface area contributed by atoms with Gasteiger partial charge in [0.15, 0.2) is 11.7 Å². The van der Waals surface area contributed by atoms with Crippen LogP contribution in [0.4, 0.5) is 0 Å². The number of aromatic nitrogens is 1. The van der Waals surface area contributed by atoms with Crippen LogP contribution in [0.3, 0.4) is 0 Å². The summed E-state index contributed by atoms with van der Waals surface area (Å²) in [5.74, 6) is 0.441. The Bertz CT molecular complexity index is 1260. The molecule has 0 saturated carbocycles. The predicted molar refractivity (Wildman–Crippen MR) is 109 cm³/mol. The highest BCUT2D eigenvalue weighted by Crippen LogP contribution is 2.44. The number of benzene rings is 2. The Morgan fingerprint density at radius 1 is 1.22 bits per heavy atom. The van der Waals surface area contributed by atoms with Crippen molar-refractivity contribution in [2.45, 2.75) is 32.8 Å². The lowest BCUT2D eigenvalue weighted by atomic mass is 9.94. The number of rotatable bonds is 3. The highest BCUT2D eigenvalue weighted by atomic mass is 32.1. The van der Waals surface area contributed by atoms with Crippen LogP contribution in [0.25, 0.3) is 27.3 Å². The molecule has 0 saturated heterocycles. The number of H-pyrrole nitrogens is 1. The summed E-state index contributed by atoms with van der Waals surface area (Å²) in [6.45, 7) is 4.18. The van der Waals surface area contributed by atoms with E-state index in [1.807, 2.05) is 25.1 Å². The first-order valence-corrected chi connectivity index (χ1v) is 9.97. The molecule has 1 aliphatic heterocycles. The lowest BCUT2D eigenvalue weighted by Gasteiger charge is -2.26. The molecule has 0 radical (unpaired) electrons. The van der Waals surface area contributed by atoms with Gasteiger partial charge >= 0.3 is 5.76 Å². The molecule has 5 heteroatoms. The van der Waals surface area contributed by atoms with Crippen molar-refractivity contribution in [1.29, 1.82) is 0 Å². The molecule has 2 aromatic carbocycles. The van der Waals surface area contributed by atoms with Crippen LogP contribution < -0.4 is 5.76 Å². The van der Waals surface area contributed by atoms with E-state index < -0.39 is 5.76 Å². The molecule has 136 valence electrons. The molecule has 0 spiro atoms. The Balaban J connectivity index is 1.76. The number of hydrogen-bond acceptors (Lipinski definition) is 4. The zero-order valence-electron chi connectivity index (χ0n) is 15.2. The summed E-state index contributed by atoms with van der Waals surface area (Å²) in [5, 5.41) is 1.31. The van der Waals surface area contributed by atoms with E-state index in [4.69, 9.17) is 9.15 Å². The SMILES string of the molecule is CCCc1c(C2OC(C)=Cc3cc4[nH]c(=O)oc4cc32)sc2ccccc12. The van der Waals surface area contributed by atoms with E-state index in [0.29, 0.717) is 11.1 Å². The Labute approximate surface area is 160 Å². The largest absolute Gasteiger partial charge is 0.485 e. The number of oxazole rings is 1. The second-order valence-corrected chi connectivity index (χ2v) is 8.02. The van der Waals surface area contributed by atoms with Crippen LogP contribution in [-0.4, -0.2) is 4.98 Å². The van der Waals surface area contributed by atoms with Gasteiger partial charge in [0.1, 0.15) is 0 Å². The van der Waals surface area contributed by atoms with Crippen LogP contribution in [-0.2, 0) is 11.2 Å². The number of allylic oxidation sites excluding steroid dienone is 1. The van der Waals surface area contributed by atoms with E-state index in [1.54, 1.807) is 11.3 Å². The molecule has 4 nitrogen and oxygen atoms in total. The molecule has 0 fully saturated rings. The Kier molecular flexibility index (Phi) is 3.72. The fourth-order valence-electron chi connectivity index (χ4n) is 3.92. The van der Waals surface area contributed by atoms with Gasteiger partial charge in [-0.1, -0.05) is 31.5 Å². The molecule has 3 heterocycles. The molecule has 0 aliphatic carbocycles. The fraction of sp³-hybridized carbons (Fsp3) is 0.227. The smallest absolute Gasteiger partial charge is 0.417 e. The predicted octanol–water partition coefficient (Wildman–Crippen LogP) is 5.77. The molecule has 0 bridgehead atoms. The van der Waals surface area contributed by atoms with Crippen molar-refractivity contribution in [3.8, 4) is 0 Å². The number of fused-ring (bicyclic) bond motifs is 3. The molecule has 0 amide bonds. The topological polar surface area (TPSA) is 55.2 Å². The van der Waals surface area contributed by atoms with E-state index in [2.05, 4.69) is 36.2 Å². The first-order valence-electron chi connectivity index (χ1n) is 9.16. The summed E-state index contributed by atoms with van der Waals surface area (Å²) in [4.78, 5) is 15.6. The third-order valence-corrected chi connectivity index (χ3v) is 6.29. The molecule has 27 heavy (non-hydrogen) atoms. The van der Waals surface area contributed by atoms with Gasteiger partial charge < -0.3 is 9.15 Å². The van der Waals surface area contributed by atoms with Crippen LogP contribution in [0, 0.1) is 0 Å². The molecular weight excluding hydrogens is 358 g/mol. The van der Waals surface area contributed by atoms with E-state index >= 15 is 0 Å². The van der Waals surface area contributed by atoms with Crippen molar-refractivity contribution in [2.24, 2.45) is 0 Å². The zero-order chi connectivity index (χ0) is 18.5. The van der Waals surface area contributed by atoms with Gasteiger partial charge in [0.2, 0.25) is 0 Å². The van der Waals surface area contributed by atoms with Crippen LogP contribution in [0.5, 0.6) is 0 Å². The minimum absolute atomic E-state index is 0.187. The minimum Gasteiger partial charge on any atom is -0.485 e. The van der Waals surface area contributed by atoms with Crippen LogP contribution in [0.15, 0.2) is 51.4 Å². The molecule has 1 aliphatic rings. The summed E-state index contributed by atoms with van der Waals surface area (Å²) in [6.07, 6.45) is 3.92. The van der Waals surface area contributed by atoms with E-state index in [0.717, 1.165) is 29.7 Å². The Hall–Kier alpha value is -2.79. The van der Waals surface area contributed by atoms with Crippen LogP contribution in [0.1, 0.15) is 47.9 Å². The molecule has 1 atom stereocenters. The van der Waals surface area contributed by atoms with Gasteiger partial charge in [0, 0.05) is 10.3 Å². The molecule has 1 N–H and O–H groups in total. The highest BCUT2D eigenvalue weighted by molar-refractivity contribution is 7.19. The minimum atomic E-state index is -0.431. The van der Waals surface area contributed by atoms with Gasteiger partial charge in [-0.3, -0.25) is 4.98 Å². The van der Waals surface area contributed by atoms with Crippen molar-refractivity contribution in [1.82, 2.24) is 4.98 Å². The van der Waals surface area contributed by atoms with Gasteiger partial charge in [-0.25, -0.2) is 4.79 Å². The second kappa shape index (κ2) is 6.13. The Morgan fingerprint density at radius 3 is 2.93 bits per heavy atom. The number of aryl methyl sites for hydroxylation is 1. The van der Waals surface area contributed by atoms with Gasteiger partial charge in [0.25, 0.3) is 0 Å². The quantitative estimate of drug-likeness (QED) is 0.493. The highest BCUT2D eigenvalue weighted by Gasteiger charge is 2.28. The van der Waals surface area contributed by atoms with Crippen molar-refractivity contribution in [3.63, 3.8) is 0 Å². The summed E-state index contributed by atoms with van der Waals surface area (Å²) < 4.78 is 12.9. The zero-order valence-corrected chi connectivity index (χ0v) is 16.0. The van der Waals surface area contributed by atoms with Gasteiger partial charge in [-0.05, 0) is 54.1 Å². The van der Waals surface area contributed by atoms with Crippen LogP contribution in [0.2, 0.25) is 0 Å². The van der Waals surface area contributed by atoms with E-state index in [-0.39, 0.29) is 6.10 Å². The normalized spacial score (nSPS) is 16.4. The number of nitrogens with one attached hydrogen (secondary N) is 1. The lowest BCUT2D eigenvalue weighted by Crippen LogP contribution is -2.11. The number of hydrogen-bond donors (Lipinski definition) is 1. The van der Waals surface area contributed by atoms with E-state index in [9.17, 15) is 4.79 Å². The third kappa shape index (κ3) is 2.61. The molecule has 1 unspecified atom stereocenters. The lowest BCUT2D eigenvalue weighted by molar-refractivity contribution is 0.152. The molecule has 5 rings (SSSR count). The van der Waals surface area contributed by atoms with Crippen LogP contribution >= 0.6 is 11.3 Å². The van der Waals surface area contributed by atoms with Crippen molar-refractivity contribution >= 4 is 38.6 Å². The summed E-state index contributed by atoms with van der Waals surface area (Å²) >= 11 is 1.79. The van der Waals surface area contributed by atoms with Crippen molar-refractivity contribution in [3.05, 3.63) is 74.3 Å². The number of ether oxygens (including phenoxy) is 1. The van der Waals surface area contributed by atoms with Gasteiger partial charge in [-0.2, -0.15) is 0 Å². The molecular formula is C22H19NO3S. The van der Waals surface area contributed by atoms with E-state index in [1.165, 1.54) is 20.5 Å². The van der Waals surface area contributed by atoms with Gasteiger partial charge in [0.05, 0.1) is 16.2 Å². The van der Waals surface area contributed by atoms with Gasteiger partial charge in [-0.15, -0.1) is 11.3 Å². The third-order valence-electron chi connectivity index (χ3n) is 5.04. The monoisotopic (exact) mass is 377 g/mol. The second-order valence-electron chi connectivity index (χ2n) is 6.94. The number of thiophene rings is 1.